The quantitative estimate of drug-likeness (QED) is 0.592. The van der Waals surface area contributed by atoms with Gasteiger partial charge in [-0.3, -0.25) is 4.79 Å². The molecular formula is C13H16O3. The van der Waals surface area contributed by atoms with E-state index in [1.54, 1.807) is 13.0 Å². The van der Waals surface area contributed by atoms with Gasteiger partial charge < -0.3 is 9.84 Å². The van der Waals surface area contributed by atoms with Crippen molar-refractivity contribution < 1.29 is 14.6 Å². The van der Waals surface area contributed by atoms with Gasteiger partial charge in [0.15, 0.2) is 0 Å². The average Bonchev–Trinajstić information content (AvgIpc) is 2.29. The van der Waals surface area contributed by atoms with Gasteiger partial charge >= 0.3 is 5.97 Å². The summed E-state index contributed by atoms with van der Waals surface area (Å²) in [5, 5.41) is 8.84. The van der Waals surface area contributed by atoms with E-state index in [0.717, 1.165) is 11.1 Å². The van der Waals surface area contributed by atoms with Gasteiger partial charge in [-0.05, 0) is 18.1 Å². The van der Waals surface area contributed by atoms with Crippen molar-refractivity contribution in [1.29, 1.82) is 0 Å². The highest BCUT2D eigenvalue weighted by atomic mass is 16.5. The first-order chi connectivity index (χ1) is 7.65. The molecule has 16 heavy (non-hydrogen) atoms. The van der Waals surface area contributed by atoms with Crippen LogP contribution in [0, 0.1) is 0 Å². The van der Waals surface area contributed by atoms with E-state index in [0.29, 0.717) is 13.2 Å². The lowest BCUT2D eigenvalue weighted by molar-refractivity contribution is -0.138. The van der Waals surface area contributed by atoms with E-state index < -0.39 is 11.9 Å². The van der Waals surface area contributed by atoms with Gasteiger partial charge in [0.25, 0.3) is 0 Å². The Hall–Kier alpha value is -1.61. The maximum absolute atomic E-state index is 10.8. The van der Waals surface area contributed by atoms with E-state index in [9.17, 15) is 4.79 Å². The molecule has 0 saturated carbocycles. The minimum atomic E-state index is -0.810. The lowest BCUT2D eigenvalue weighted by Gasteiger charge is -2.07. The maximum Gasteiger partial charge on any atom is 0.310 e. The fraction of sp³-hybridized carbons (Fsp3) is 0.308. The third-order valence-corrected chi connectivity index (χ3v) is 2.35. The molecule has 1 aromatic rings. The standard InChI is InChI=1S/C13H16O3/c1-3-8-16-9-11-4-6-12(7-5-11)10(2)13(14)15/h3-7,10H,1,8-9H2,2H3,(H,14,15). The molecule has 0 aliphatic heterocycles. The van der Waals surface area contributed by atoms with Gasteiger partial charge in [-0.2, -0.15) is 0 Å². The average molecular weight is 220 g/mol. The van der Waals surface area contributed by atoms with Gasteiger partial charge in [-0.1, -0.05) is 30.3 Å². The topological polar surface area (TPSA) is 46.5 Å². The molecule has 1 unspecified atom stereocenters. The van der Waals surface area contributed by atoms with Crippen LogP contribution in [-0.2, 0) is 16.1 Å². The van der Waals surface area contributed by atoms with Gasteiger partial charge in [0.1, 0.15) is 0 Å². The van der Waals surface area contributed by atoms with Gasteiger partial charge in [0, 0.05) is 0 Å². The molecule has 0 aliphatic carbocycles. The molecule has 0 bridgehead atoms. The summed E-state index contributed by atoms with van der Waals surface area (Å²) in [6, 6.07) is 7.42. The fourth-order valence-electron chi connectivity index (χ4n) is 1.31. The van der Waals surface area contributed by atoms with E-state index >= 15 is 0 Å². The van der Waals surface area contributed by atoms with Crippen molar-refractivity contribution in [3.05, 3.63) is 48.0 Å². The molecule has 0 amide bonds. The van der Waals surface area contributed by atoms with E-state index in [1.807, 2.05) is 24.3 Å². The molecule has 1 atom stereocenters. The lowest BCUT2D eigenvalue weighted by Crippen LogP contribution is -2.07. The van der Waals surface area contributed by atoms with Gasteiger partial charge in [-0.25, -0.2) is 0 Å². The molecular weight excluding hydrogens is 204 g/mol. The van der Waals surface area contributed by atoms with E-state index in [-0.39, 0.29) is 0 Å². The number of carboxylic acid groups (broad SMARTS) is 1. The zero-order valence-electron chi connectivity index (χ0n) is 9.35. The van der Waals surface area contributed by atoms with Crippen molar-refractivity contribution in [2.45, 2.75) is 19.4 Å². The third-order valence-electron chi connectivity index (χ3n) is 2.35. The van der Waals surface area contributed by atoms with Crippen LogP contribution in [0.5, 0.6) is 0 Å². The molecule has 1 aromatic carbocycles. The number of hydrogen-bond donors (Lipinski definition) is 1. The first kappa shape index (κ1) is 12.5. The second kappa shape index (κ2) is 6.08. The first-order valence-corrected chi connectivity index (χ1v) is 5.15. The predicted molar refractivity (Wildman–Crippen MR) is 62.3 cm³/mol. The van der Waals surface area contributed by atoms with Gasteiger partial charge in [0.05, 0.1) is 19.1 Å². The zero-order chi connectivity index (χ0) is 12.0. The Bertz CT molecular complexity index is 354. The molecule has 0 heterocycles. The molecule has 0 aromatic heterocycles. The summed E-state index contributed by atoms with van der Waals surface area (Å²) in [5.74, 6) is -1.28. The third kappa shape index (κ3) is 3.51. The van der Waals surface area contributed by atoms with Crippen LogP contribution in [0.4, 0.5) is 0 Å². The molecule has 86 valence electrons. The number of carbonyl (C=O) groups is 1. The Morgan fingerprint density at radius 1 is 1.50 bits per heavy atom. The smallest absolute Gasteiger partial charge is 0.310 e. The van der Waals surface area contributed by atoms with Crippen LogP contribution in [0.1, 0.15) is 24.0 Å². The van der Waals surface area contributed by atoms with Crippen LogP contribution >= 0.6 is 0 Å². The van der Waals surface area contributed by atoms with Crippen LogP contribution in [0.3, 0.4) is 0 Å². The number of rotatable bonds is 6. The predicted octanol–water partition coefficient (Wildman–Crippen LogP) is 2.58. The monoisotopic (exact) mass is 220 g/mol. The molecule has 0 spiro atoms. The second-order valence-corrected chi connectivity index (χ2v) is 3.61. The molecule has 1 N–H and O–H groups in total. The highest BCUT2D eigenvalue weighted by Crippen LogP contribution is 2.16. The first-order valence-electron chi connectivity index (χ1n) is 5.15. The molecule has 0 fully saturated rings. The van der Waals surface area contributed by atoms with Crippen molar-refractivity contribution in [3.63, 3.8) is 0 Å². The van der Waals surface area contributed by atoms with Crippen LogP contribution in [-0.4, -0.2) is 17.7 Å². The van der Waals surface area contributed by atoms with Crippen molar-refractivity contribution in [2.24, 2.45) is 0 Å². The van der Waals surface area contributed by atoms with Crippen molar-refractivity contribution in [3.8, 4) is 0 Å². The summed E-state index contributed by atoms with van der Waals surface area (Å²) in [5.41, 5.74) is 1.84. The Labute approximate surface area is 95.4 Å². The Kier molecular flexibility index (Phi) is 4.73. The van der Waals surface area contributed by atoms with Crippen LogP contribution < -0.4 is 0 Å². The summed E-state index contributed by atoms with van der Waals surface area (Å²) in [7, 11) is 0. The number of benzene rings is 1. The number of ether oxygens (including phenoxy) is 1. The lowest BCUT2D eigenvalue weighted by atomic mass is 10.0. The summed E-state index contributed by atoms with van der Waals surface area (Å²) >= 11 is 0. The highest BCUT2D eigenvalue weighted by Gasteiger charge is 2.12. The zero-order valence-corrected chi connectivity index (χ0v) is 9.35. The minimum Gasteiger partial charge on any atom is -0.481 e. The minimum absolute atomic E-state index is 0.469. The van der Waals surface area contributed by atoms with Gasteiger partial charge in [-0.15, -0.1) is 6.58 Å². The normalized spacial score (nSPS) is 12.1. The SMILES string of the molecule is C=CCOCc1ccc(C(C)C(=O)O)cc1. The molecule has 3 heteroatoms. The molecule has 1 rings (SSSR count). The molecule has 3 nitrogen and oxygen atoms in total. The highest BCUT2D eigenvalue weighted by molar-refractivity contribution is 5.75. The fourth-order valence-corrected chi connectivity index (χ4v) is 1.31. The Morgan fingerprint density at radius 3 is 2.62 bits per heavy atom. The van der Waals surface area contributed by atoms with Crippen molar-refractivity contribution >= 4 is 5.97 Å². The Morgan fingerprint density at radius 2 is 2.12 bits per heavy atom. The van der Waals surface area contributed by atoms with Crippen molar-refractivity contribution in [2.75, 3.05) is 6.61 Å². The molecule has 0 saturated heterocycles. The largest absolute Gasteiger partial charge is 0.481 e. The van der Waals surface area contributed by atoms with E-state index in [1.165, 1.54) is 0 Å². The summed E-state index contributed by atoms with van der Waals surface area (Å²) in [6.45, 7) is 6.27. The summed E-state index contributed by atoms with van der Waals surface area (Å²) in [4.78, 5) is 10.8. The molecule has 0 aliphatic rings. The number of carboxylic acids is 1. The molecule has 0 radical (unpaired) electrons. The van der Waals surface area contributed by atoms with Crippen LogP contribution in [0.25, 0.3) is 0 Å². The van der Waals surface area contributed by atoms with Gasteiger partial charge in [0.2, 0.25) is 0 Å². The number of hydrogen-bond acceptors (Lipinski definition) is 2. The van der Waals surface area contributed by atoms with E-state index in [2.05, 4.69) is 6.58 Å². The summed E-state index contributed by atoms with van der Waals surface area (Å²) in [6.07, 6.45) is 1.70. The number of aliphatic carboxylic acids is 1. The maximum atomic E-state index is 10.8. The Balaban J connectivity index is 2.60. The van der Waals surface area contributed by atoms with E-state index in [4.69, 9.17) is 9.84 Å². The second-order valence-electron chi connectivity index (χ2n) is 3.61. The van der Waals surface area contributed by atoms with Crippen molar-refractivity contribution in [1.82, 2.24) is 0 Å². The van der Waals surface area contributed by atoms with Crippen LogP contribution in [0.2, 0.25) is 0 Å². The summed E-state index contributed by atoms with van der Waals surface area (Å²) < 4.78 is 5.28. The van der Waals surface area contributed by atoms with Crippen LogP contribution in [0.15, 0.2) is 36.9 Å².